The van der Waals surface area contributed by atoms with E-state index < -0.39 is 0 Å². The maximum Gasteiger partial charge on any atom is 0.272 e. The summed E-state index contributed by atoms with van der Waals surface area (Å²) in [6.45, 7) is 1.00. The highest BCUT2D eigenvalue weighted by atomic mass is 32.2. The number of pyridine rings is 1. The lowest BCUT2D eigenvalue weighted by Crippen LogP contribution is -2.46. The Balaban J connectivity index is 1.87. The summed E-state index contributed by atoms with van der Waals surface area (Å²) in [5.74, 6) is 1.00. The first-order valence-corrected chi connectivity index (χ1v) is 10.2. The van der Waals surface area contributed by atoms with Crippen molar-refractivity contribution in [3.8, 4) is 0 Å². The lowest BCUT2D eigenvalue weighted by molar-refractivity contribution is 0.437. The first-order valence-electron chi connectivity index (χ1n) is 8.36. The van der Waals surface area contributed by atoms with E-state index in [1.807, 2.05) is 32.3 Å². The average molecular weight is 401 g/mol. The summed E-state index contributed by atoms with van der Waals surface area (Å²) in [5, 5.41) is 0.423. The first kappa shape index (κ1) is 19.3. The van der Waals surface area contributed by atoms with Gasteiger partial charge in [-0.2, -0.15) is 0 Å². The molecule has 3 heterocycles. The van der Waals surface area contributed by atoms with Gasteiger partial charge in [-0.05, 0) is 50.5 Å². The maximum absolute atomic E-state index is 12.3. The third-order valence-electron chi connectivity index (χ3n) is 3.64. The van der Waals surface area contributed by atoms with Crippen LogP contribution in [0.3, 0.4) is 0 Å². The summed E-state index contributed by atoms with van der Waals surface area (Å²) in [7, 11) is 4.09. The molecule has 0 aromatic carbocycles. The zero-order valence-corrected chi connectivity index (χ0v) is 16.7. The molecule has 0 amide bonds. The van der Waals surface area contributed by atoms with E-state index in [-0.39, 0.29) is 21.8 Å². The fraction of sp³-hybridized carbons (Fsp3) is 0.211. The van der Waals surface area contributed by atoms with Crippen molar-refractivity contribution >= 4 is 35.3 Å². The molecule has 2 N–H and O–H groups in total. The molecule has 8 heteroatoms. The number of aromatic nitrogens is 3. The number of nitrogens with zero attached hydrogens (tertiary/aromatic N) is 2. The third kappa shape index (κ3) is 5.53. The molecule has 0 aliphatic heterocycles. The number of H-pyrrole nitrogens is 2. The Morgan fingerprint density at radius 1 is 1.07 bits per heavy atom. The highest BCUT2D eigenvalue weighted by molar-refractivity contribution is 8.01. The van der Waals surface area contributed by atoms with Gasteiger partial charge in [0.25, 0.3) is 11.1 Å². The van der Waals surface area contributed by atoms with Crippen molar-refractivity contribution in [2.45, 2.75) is 4.21 Å². The molecule has 0 spiro atoms. The quantitative estimate of drug-likeness (QED) is 0.599. The Morgan fingerprint density at radius 3 is 2.48 bits per heavy atom. The van der Waals surface area contributed by atoms with Crippen LogP contribution in [0, 0.1) is 0 Å². The molecule has 0 fully saturated rings. The minimum atomic E-state index is -0.358. The van der Waals surface area contributed by atoms with E-state index >= 15 is 0 Å². The van der Waals surface area contributed by atoms with Gasteiger partial charge in [0, 0.05) is 23.4 Å². The SMILES string of the molecule is CN(C)CCSc1ccc(C=c2[nH]c(=O)c(=Cc3ccccn3)[nH]c2=O)s1. The molecule has 27 heavy (non-hydrogen) atoms. The van der Waals surface area contributed by atoms with Crippen molar-refractivity contribution in [2.24, 2.45) is 0 Å². The monoisotopic (exact) mass is 400 g/mol. The van der Waals surface area contributed by atoms with Crippen molar-refractivity contribution in [2.75, 3.05) is 26.4 Å². The second kappa shape index (κ2) is 8.98. The van der Waals surface area contributed by atoms with Crippen LogP contribution in [0.25, 0.3) is 12.2 Å². The predicted molar refractivity (Wildman–Crippen MR) is 112 cm³/mol. The fourth-order valence-electron chi connectivity index (χ4n) is 2.27. The summed E-state index contributed by atoms with van der Waals surface area (Å²) in [6.07, 6.45) is 4.88. The van der Waals surface area contributed by atoms with Crippen LogP contribution in [0.15, 0.2) is 50.3 Å². The summed E-state index contributed by atoms with van der Waals surface area (Å²) < 4.78 is 1.18. The summed E-state index contributed by atoms with van der Waals surface area (Å²) in [5.41, 5.74) is -0.0938. The Morgan fingerprint density at radius 2 is 1.81 bits per heavy atom. The molecule has 0 bridgehead atoms. The Kier molecular flexibility index (Phi) is 6.44. The van der Waals surface area contributed by atoms with E-state index in [1.54, 1.807) is 53.6 Å². The van der Waals surface area contributed by atoms with E-state index in [9.17, 15) is 9.59 Å². The van der Waals surface area contributed by atoms with Crippen molar-refractivity contribution < 1.29 is 0 Å². The van der Waals surface area contributed by atoms with Crippen molar-refractivity contribution in [3.63, 3.8) is 0 Å². The molecular formula is C19H20N4O2S2. The molecule has 140 valence electrons. The van der Waals surface area contributed by atoms with Crippen LogP contribution in [0.5, 0.6) is 0 Å². The number of rotatable bonds is 6. The van der Waals surface area contributed by atoms with Crippen LogP contribution < -0.4 is 21.8 Å². The first-order chi connectivity index (χ1) is 13.0. The van der Waals surface area contributed by atoms with Crippen LogP contribution >= 0.6 is 23.1 Å². The van der Waals surface area contributed by atoms with E-state index in [0.29, 0.717) is 5.69 Å². The van der Waals surface area contributed by atoms with Gasteiger partial charge >= 0.3 is 0 Å². The Hall–Kier alpha value is -2.42. The fourth-order valence-corrected chi connectivity index (χ4v) is 4.54. The summed E-state index contributed by atoms with van der Waals surface area (Å²) in [6, 6.07) is 9.36. The van der Waals surface area contributed by atoms with Crippen LogP contribution in [0.1, 0.15) is 10.6 Å². The van der Waals surface area contributed by atoms with Gasteiger partial charge in [0.1, 0.15) is 10.7 Å². The Bertz CT molecular complexity index is 1130. The average Bonchev–Trinajstić information content (AvgIpc) is 3.07. The molecule has 3 aromatic heterocycles. The van der Waals surface area contributed by atoms with Gasteiger partial charge in [-0.3, -0.25) is 14.6 Å². The highest BCUT2D eigenvalue weighted by Gasteiger charge is 2.02. The van der Waals surface area contributed by atoms with Crippen molar-refractivity contribution in [3.05, 3.63) is 78.5 Å². The van der Waals surface area contributed by atoms with Gasteiger partial charge < -0.3 is 14.9 Å². The number of aromatic amines is 2. The molecule has 0 unspecified atom stereocenters. The molecule has 0 aliphatic rings. The number of thioether (sulfide) groups is 1. The minimum absolute atomic E-state index is 0.182. The zero-order valence-electron chi connectivity index (χ0n) is 15.1. The zero-order chi connectivity index (χ0) is 19.2. The second-order valence-electron chi connectivity index (χ2n) is 6.09. The number of hydrogen-bond donors (Lipinski definition) is 2. The van der Waals surface area contributed by atoms with Gasteiger partial charge in [0.15, 0.2) is 0 Å². The third-order valence-corrected chi connectivity index (χ3v) is 5.87. The molecule has 3 aromatic rings. The van der Waals surface area contributed by atoms with Crippen LogP contribution in [0.4, 0.5) is 0 Å². The number of hydrogen-bond acceptors (Lipinski definition) is 6. The van der Waals surface area contributed by atoms with Gasteiger partial charge in [-0.15, -0.1) is 23.1 Å². The topological polar surface area (TPSA) is 81.8 Å². The van der Waals surface area contributed by atoms with Crippen molar-refractivity contribution in [1.29, 1.82) is 0 Å². The number of nitrogens with one attached hydrogen (secondary N) is 2. The molecule has 0 radical (unpaired) electrons. The van der Waals surface area contributed by atoms with Crippen LogP contribution in [-0.2, 0) is 0 Å². The van der Waals surface area contributed by atoms with E-state index in [1.165, 1.54) is 4.21 Å². The minimum Gasteiger partial charge on any atom is -0.316 e. The predicted octanol–water partition coefficient (Wildman–Crippen LogP) is 0.831. The van der Waals surface area contributed by atoms with Gasteiger partial charge in [0.2, 0.25) is 0 Å². The highest BCUT2D eigenvalue weighted by Crippen LogP contribution is 2.27. The van der Waals surface area contributed by atoms with E-state index in [2.05, 4.69) is 19.9 Å². The van der Waals surface area contributed by atoms with Crippen LogP contribution in [-0.4, -0.2) is 46.2 Å². The lowest BCUT2D eigenvalue weighted by Gasteiger charge is -2.07. The Labute approximate surface area is 164 Å². The second-order valence-corrected chi connectivity index (χ2v) is 8.60. The normalized spacial score (nSPS) is 12.9. The van der Waals surface area contributed by atoms with E-state index in [4.69, 9.17) is 0 Å². The molecule has 3 rings (SSSR count). The van der Waals surface area contributed by atoms with Gasteiger partial charge in [-0.1, -0.05) is 6.07 Å². The molecule has 6 nitrogen and oxygen atoms in total. The maximum atomic E-state index is 12.3. The lowest BCUT2D eigenvalue weighted by atomic mass is 10.3. The van der Waals surface area contributed by atoms with Gasteiger partial charge in [0.05, 0.1) is 9.90 Å². The molecule has 0 saturated heterocycles. The largest absolute Gasteiger partial charge is 0.316 e. The molecule has 0 atom stereocenters. The smallest absolute Gasteiger partial charge is 0.272 e. The standard InChI is InChI=1S/C19H20N4O2S2/c1-23(2)9-10-26-17-7-6-14(27-17)12-16-19(25)21-15(18(24)22-16)11-13-5-3-4-8-20-13/h3-8,11-12H,9-10H2,1-2H3,(H,21,25)(H,22,24). The van der Waals surface area contributed by atoms with Gasteiger partial charge in [-0.25, -0.2) is 0 Å². The van der Waals surface area contributed by atoms with Crippen molar-refractivity contribution in [1.82, 2.24) is 19.9 Å². The summed E-state index contributed by atoms with van der Waals surface area (Å²) >= 11 is 3.38. The molecule has 0 saturated carbocycles. The molecular weight excluding hydrogens is 380 g/mol. The van der Waals surface area contributed by atoms with Crippen LogP contribution in [0.2, 0.25) is 0 Å². The van der Waals surface area contributed by atoms with E-state index in [0.717, 1.165) is 17.2 Å². The number of thiophene rings is 1. The molecule has 0 aliphatic carbocycles. The summed E-state index contributed by atoms with van der Waals surface area (Å²) in [4.78, 5) is 37.1.